The number of carbonyl (C=O) groups excluding carboxylic acids is 1. The Kier molecular flexibility index (Phi) is 4.99. The second-order valence-corrected chi connectivity index (χ2v) is 6.73. The molecule has 0 aliphatic heterocycles. The maximum Gasteiger partial charge on any atom is 0.255 e. The summed E-state index contributed by atoms with van der Waals surface area (Å²) >= 11 is 0. The number of allylic oxidation sites excluding steroid dienone is 2. The quantitative estimate of drug-likeness (QED) is 0.793. The van der Waals surface area contributed by atoms with Crippen LogP contribution in [0.25, 0.3) is 5.57 Å². The molecule has 2 aromatic rings. The number of hydrogen-bond donors (Lipinski definition) is 1. The maximum atomic E-state index is 12.9. The van der Waals surface area contributed by atoms with Gasteiger partial charge in [0, 0.05) is 11.3 Å². The van der Waals surface area contributed by atoms with Crippen LogP contribution in [0.3, 0.4) is 0 Å². The largest absolute Gasteiger partial charge is 0.322 e. The zero-order valence-electron chi connectivity index (χ0n) is 14.0. The van der Waals surface area contributed by atoms with E-state index in [4.69, 9.17) is 0 Å². The minimum atomic E-state index is -0.325. The van der Waals surface area contributed by atoms with E-state index in [2.05, 4.69) is 39.1 Å². The highest BCUT2D eigenvalue weighted by molar-refractivity contribution is 6.04. The third kappa shape index (κ3) is 5.06. The Bertz CT molecular complexity index is 707. The van der Waals surface area contributed by atoms with E-state index in [-0.39, 0.29) is 17.1 Å². The molecule has 2 aromatic carbocycles. The molecule has 3 heteroatoms. The predicted molar refractivity (Wildman–Crippen MR) is 93.9 cm³/mol. The Morgan fingerprint density at radius 2 is 1.48 bits per heavy atom. The third-order valence-electron chi connectivity index (χ3n) is 3.35. The first kappa shape index (κ1) is 16.9. The van der Waals surface area contributed by atoms with Crippen LogP contribution in [0.15, 0.2) is 54.6 Å². The molecule has 0 fully saturated rings. The number of amides is 1. The van der Waals surface area contributed by atoms with Gasteiger partial charge in [-0.3, -0.25) is 4.79 Å². The molecule has 0 spiro atoms. The van der Waals surface area contributed by atoms with Crippen molar-refractivity contribution in [3.05, 3.63) is 71.6 Å². The number of anilines is 1. The smallest absolute Gasteiger partial charge is 0.255 e. The van der Waals surface area contributed by atoms with Gasteiger partial charge in [0.05, 0.1) is 0 Å². The highest BCUT2D eigenvalue weighted by Gasteiger charge is 2.09. The van der Waals surface area contributed by atoms with E-state index in [0.717, 1.165) is 5.56 Å². The highest BCUT2D eigenvalue weighted by atomic mass is 19.1. The van der Waals surface area contributed by atoms with Gasteiger partial charge in [0.15, 0.2) is 0 Å². The molecule has 0 radical (unpaired) electrons. The lowest BCUT2D eigenvalue weighted by Crippen LogP contribution is -2.11. The van der Waals surface area contributed by atoms with Gasteiger partial charge >= 0.3 is 0 Å². The summed E-state index contributed by atoms with van der Waals surface area (Å²) in [4.78, 5) is 12.2. The van der Waals surface area contributed by atoms with Crippen molar-refractivity contribution < 1.29 is 9.18 Å². The number of rotatable bonds is 3. The molecule has 2 rings (SSSR count). The lowest BCUT2D eigenvalue weighted by atomic mass is 9.91. The van der Waals surface area contributed by atoms with Gasteiger partial charge in [-0.25, -0.2) is 4.39 Å². The molecule has 1 N–H and O–H groups in total. The molecule has 2 nitrogen and oxygen atoms in total. The molecule has 0 heterocycles. The van der Waals surface area contributed by atoms with Crippen LogP contribution >= 0.6 is 0 Å². The van der Waals surface area contributed by atoms with Gasteiger partial charge in [0.1, 0.15) is 5.82 Å². The SMILES string of the molecule is CC(=CC(C)(C)C)c1ccc(C(=O)Nc2ccc(F)cc2)cc1. The van der Waals surface area contributed by atoms with Gasteiger partial charge in [0.25, 0.3) is 5.91 Å². The van der Waals surface area contributed by atoms with E-state index in [1.165, 1.54) is 29.8 Å². The Balaban J connectivity index is 2.11. The van der Waals surface area contributed by atoms with Gasteiger partial charge in [-0.1, -0.05) is 39.0 Å². The third-order valence-corrected chi connectivity index (χ3v) is 3.35. The van der Waals surface area contributed by atoms with E-state index in [1.807, 2.05) is 12.1 Å². The molecule has 23 heavy (non-hydrogen) atoms. The molecule has 0 aliphatic rings. The Morgan fingerprint density at radius 1 is 0.957 bits per heavy atom. The fourth-order valence-electron chi connectivity index (χ4n) is 2.35. The lowest BCUT2D eigenvalue weighted by Gasteiger charge is -2.14. The molecule has 0 atom stereocenters. The van der Waals surface area contributed by atoms with E-state index in [0.29, 0.717) is 11.3 Å². The van der Waals surface area contributed by atoms with Crippen LogP contribution in [0.5, 0.6) is 0 Å². The summed E-state index contributed by atoms with van der Waals surface area (Å²) in [6.45, 7) is 8.53. The second-order valence-electron chi connectivity index (χ2n) is 6.73. The standard InChI is InChI=1S/C20H22FNO/c1-14(13-20(2,3)4)15-5-7-16(8-6-15)19(23)22-18-11-9-17(21)10-12-18/h5-13H,1-4H3,(H,22,23). The predicted octanol–water partition coefficient (Wildman–Crippen LogP) is 5.53. The van der Waals surface area contributed by atoms with Gasteiger partial charge in [-0.2, -0.15) is 0 Å². The van der Waals surface area contributed by atoms with Gasteiger partial charge in [0.2, 0.25) is 0 Å². The van der Waals surface area contributed by atoms with Crippen LogP contribution in [0.2, 0.25) is 0 Å². The van der Waals surface area contributed by atoms with Crippen LogP contribution in [-0.2, 0) is 0 Å². The van der Waals surface area contributed by atoms with Crippen molar-refractivity contribution >= 4 is 17.2 Å². The highest BCUT2D eigenvalue weighted by Crippen LogP contribution is 2.23. The van der Waals surface area contributed by atoms with E-state index >= 15 is 0 Å². The molecular formula is C20H22FNO. The summed E-state index contributed by atoms with van der Waals surface area (Å²) in [5.41, 5.74) is 3.54. The minimum Gasteiger partial charge on any atom is -0.322 e. The van der Waals surface area contributed by atoms with Crippen molar-refractivity contribution in [2.45, 2.75) is 27.7 Å². The molecule has 0 saturated carbocycles. The van der Waals surface area contributed by atoms with E-state index in [9.17, 15) is 9.18 Å². The average Bonchev–Trinajstić information content (AvgIpc) is 2.48. The van der Waals surface area contributed by atoms with E-state index in [1.54, 1.807) is 12.1 Å². The van der Waals surface area contributed by atoms with Crippen molar-refractivity contribution in [1.29, 1.82) is 0 Å². The van der Waals surface area contributed by atoms with Crippen molar-refractivity contribution in [2.24, 2.45) is 5.41 Å². The maximum absolute atomic E-state index is 12.9. The zero-order chi connectivity index (χ0) is 17.0. The fourth-order valence-corrected chi connectivity index (χ4v) is 2.35. The molecule has 0 unspecified atom stereocenters. The number of benzene rings is 2. The molecule has 0 bridgehead atoms. The van der Waals surface area contributed by atoms with E-state index < -0.39 is 0 Å². The molecule has 0 saturated heterocycles. The minimum absolute atomic E-state index is 0.114. The van der Waals surface area contributed by atoms with Crippen molar-refractivity contribution in [2.75, 3.05) is 5.32 Å². The molecular weight excluding hydrogens is 289 g/mol. The zero-order valence-corrected chi connectivity index (χ0v) is 14.0. The monoisotopic (exact) mass is 311 g/mol. The van der Waals surface area contributed by atoms with Crippen LogP contribution in [0, 0.1) is 11.2 Å². The summed E-state index contributed by atoms with van der Waals surface area (Å²) in [5.74, 6) is -0.533. The number of halogens is 1. The number of nitrogens with one attached hydrogen (secondary N) is 1. The summed E-state index contributed by atoms with van der Waals surface area (Å²) in [6, 6.07) is 13.2. The van der Waals surface area contributed by atoms with Crippen LogP contribution in [-0.4, -0.2) is 5.91 Å². The van der Waals surface area contributed by atoms with Crippen LogP contribution in [0.4, 0.5) is 10.1 Å². The summed E-state index contributed by atoms with van der Waals surface area (Å²) in [6.07, 6.45) is 2.21. The number of carbonyl (C=O) groups is 1. The van der Waals surface area contributed by atoms with Gasteiger partial charge < -0.3 is 5.32 Å². The van der Waals surface area contributed by atoms with Crippen molar-refractivity contribution in [1.82, 2.24) is 0 Å². The molecule has 120 valence electrons. The summed E-state index contributed by atoms with van der Waals surface area (Å²) in [7, 11) is 0. The summed E-state index contributed by atoms with van der Waals surface area (Å²) < 4.78 is 12.9. The van der Waals surface area contributed by atoms with Gasteiger partial charge in [-0.05, 0) is 59.9 Å². The van der Waals surface area contributed by atoms with Gasteiger partial charge in [-0.15, -0.1) is 0 Å². The average molecular weight is 311 g/mol. The normalized spacial score (nSPS) is 12.1. The van der Waals surface area contributed by atoms with Crippen molar-refractivity contribution in [3.8, 4) is 0 Å². The summed E-state index contributed by atoms with van der Waals surface area (Å²) in [5, 5.41) is 2.75. The topological polar surface area (TPSA) is 29.1 Å². The van der Waals surface area contributed by atoms with Crippen LogP contribution < -0.4 is 5.32 Å². The first-order valence-corrected chi connectivity index (χ1v) is 7.61. The Labute approximate surface area is 137 Å². The first-order chi connectivity index (χ1) is 10.7. The van der Waals surface area contributed by atoms with Crippen molar-refractivity contribution in [3.63, 3.8) is 0 Å². The fraction of sp³-hybridized carbons (Fsp3) is 0.250. The number of hydrogen-bond acceptors (Lipinski definition) is 1. The second kappa shape index (κ2) is 6.78. The lowest BCUT2D eigenvalue weighted by molar-refractivity contribution is 0.102. The molecule has 1 amide bonds. The van der Waals surface area contributed by atoms with Crippen LogP contribution in [0.1, 0.15) is 43.6 Å². The molecule has 0 aliphatic carbocycles. The Hall–Kier alpha value is -2.42. The first-order valence-electron chi connectivity index (χ1n) is 7.61. The Morgan fingerprint density at radius 3 is 2.00 bits per heavy atom. The molecule has 0 aromatic heterocycles.